The molecule has 8 nitrogen and oxygen atoms in total. The van der Waals surface area contributed by atoms with Crippen LogP contribution >= 0.6 is 0 Å². The van der Waals surface area contributed by atoms with Gasteiger partial charge in [-0.1, -0.05) is 12.1 Å². The van der Waals surface area contributed by atoms with Crippen LogP contribution in [0.25, 0.3) is 0 Å². The molecule has 9 heteroatoms. The van der Waals surface area contributed by atoms with Crippen molar-refractivity contribution in [1.29, 1.82) is 0 Å². The average Bonchev–Trinajstić information content (AvgIpc) is 3.13. The molecular weight excluding hydrogens is 321 g/mol. The third-order valence-corrected chi connectivity index (χ3v) is 4.44. The van der Waals surface area contributed by atoms with Crippen LogP contribution in [-0.2, 0) is 22.5 Å². The summed E-state index contributed by atoms with van der Waals surface area (Å²) in [6.45, 7) is 0.391. The molecule has 1 N–H and O–H groups in total. The molecule has 2 aliphatic heterocycles. The van der Waals surface area contributed by atoms with E-state index in [-0.39, 0.29) is 12.3 Å². The van der Waals surface area contributed by atoms with Gasteiger partial charge in [0.1, 0.15) is 12.1 Å². The summed E-state index contributed by atoms with van der Waals surface area (Å²) in [5, 5.41) is 15.7. The van der Waals surface area contributed by atoms with Gasteiger partial charge < -0.3 is 9.68 Å². The molecule has 0 spiro atoms. The lowest BCUT2D eigenvalue weighted by Gasteiger charge is -2.15. The molecule has 0 atom stereocenters. The van der Waals surface area contributed by atoms with Crippen LogP contribution in [0.3, 0.4) is 0 Å². The van der Waals surface area contributed by atoms with Gasteiger partial charge in [-0.05, 0) is 22.7 Å². The minimum atomic E-state index is -0.846. The zero-order valence-electron chi connectivity index (χ0n) is 13.9. The van der Waals surface area contributed by atoms with Crippen LogP contribution in [0, 0.1) is 0 Å². The van der Waals surface area contributed by atoms with Gasteiger partial charge in [0.25, 0.3) is 0 Å². The standard InChI is InChI=1S/C16H16BN5O3/c1-21-14(23)6-12-15(21)18-9-19-16(12)22(2)20-7-10-3-4-13-11(5-10)8-25-17(13)24/h3-5,7,9,24H,6,8H2,1-2H3/b20-7+. The maximum absolute atomic E-state index is 11.9. The first-order valence-electron chi connectivity index (χ1n) is 7.85. The number of fused-ring (bicyclic) bond motifs is 2. The molecule has 0 saturated carbocycles. The average molecular weight is 337 g/mol. The highest BCUT2D eigenvalue weighted by molar-refractivity contribution is 6.61. The second-order valence-corrected chi connectivity index (χ2v) is 6.02. The molecule has 0 aliphatic carbocycles. The predicted molar refractivity (Wildman–Crippen MR) is 94.0 cm³/mol. The highest BCUT2D eigenvalue weighted by Crippen LogP contribution is 2.31. The first-order valence-corrected chi connectivity index (χ1v) is 7.85. The molecule has 3 heterocycles. The SMILES string of the molecule is CN(/N=C/c1ccc2c(c1)COB2O)c1ncnc2c1CC(=O)N2C. The molecule has 0 saturated heterocycles. The predicted octanol–water partition coefficient (Wildman–Crippen LogP) is -0.317. The second-order valence-electron chi connectivity index (χ2n) is 6.02. The van der Waals surface area contributed by atoms with Gasteiger partial charge in [-0.2, -0.15) is 5.10 Å². The minimum absolute atomic E-state index is 0.00805. The Hall–Kier alpha value is -2.78. The third kappa shape index (κ3) is 2.67. The van der Waals surface area contributed by atoms with Gasteiger partial charge in [0.15, 0.2) is 5.82 Å². The Morgan fingerprint density at radius 2 is 2.28 bits per heavy atom. The van der Waals surface area contributed by atoms with Crippen molar-refractivity contribution >= 4 is 36.3 Å². The number of carbonyl (C=O) groups is 1. The fourth-order valence-electron chi connectivity index (χ4n) is 3.05. The second kappa shape index (κ2) is 5.94. The summed E-state index contributed by atoms with van der Waals surface area (Å²) in [5.74, 6) is 1.23. The van der Waals surface area contributed by atoms with E-state index < -0.39 is 7.12 Å². The Morgan fingerprint density at radius 1 is 1.44 bits per heavy atom. The number of hydrogen-bond acceptors (Lipinski definition) is 7. The van der Waals surface area contributed by atoms with Crippen molar-refractivity contribution < 1.29 is 14.5 Å². The fraction of sp³-hybridized carbons (Fsp3) is 0.250. The number of nitrogens with zero attached hydrogens (tertiary/aromatic N) is 5. The van der Waals surface area contributed by atoms with Gasteiger partial charge in [0.2, 0.25) is 5.91 Å². The molecule has 0 radical (unpaired) electrons. The Balaban J connectivity index is 1.58. The fourth-order valence-corrected chi connectivity index (χ4v) is 3.05. The van der Waals surface area contributed by atoms with Crippen LogP contribution in [0.2, 0.25) is 0 Å². The molecule has 0 bridgehead atoms. The molecule has 1 aromatic heterocycles. The molecule has 1 amide bonds. The Kier molecular flexibility index (Phi) is 3.74. The van der Waals surface area contributed by atoms with Gasteiger partial charge in [-0.3, -0.25) is 14.7 Å². The van der Waals surface area contributed by atoms with Crippen molar-refractivity contribution in [1.82, 2.24) is 9.97 Å². The van der Waals surface area contributed by atoms with Gasteiger partial charge in [0.05, 0.1) is 19.2 Å². The van der Waals surface area contributed by atoms with Crippen molar-refractivity contribution in [2.75, 3.05) is 24.0 Å². The van der Waals surface area contributed by atoms with Gasteiger partial charge in [-0.15, -0.1) is 0 Å². The van der Waals surface area contributed by atoms with Crippen LogP contribution < -0.4 is 15.4 Å². The molecule has 4 rings (SSSR count). The molecule has 25 heavy (non-hydrogen) atoms. The molecule has 0 fully saturated rings. The molecule has 1 aromatic carbocycles. The summed E-state index contributed by atoms with van der Waals surface area (Å²) in [6, 6.07) is 5.64. The van der Waals surface area contributed by atoms with E-state index in [0.717, 1.165) is 22.2 Å². The smallest absolute Gasteiger partial charge is 0.423 e. The molecule has 2 aliphatic rings. The lowest BCUT2D eigenvalue weighted by molar-refractivity contribution is -0.117. The monoisotopic (exact) mass is 337 g/mol. The molecule has 2 aromatic rings. The summed E-state index contributed by atoms with van der Waals surface area (Å²) in [5.41, 5.74) is 3.41. The highest BCUT2D eigenvalue weighted by atomic mass is 16.5. The lowest BCUT2D eigenvalue weighted by atomic mass is 9.79. The number of hydrazone groups is 1. The third-order valence-electron chi connectivity index (χ3n) is 4.44. The van der Waals surface area contributed by atoms with Crippen molar-refractivity contribution in [3.63, 3.8) is 0 Å². The maximum atomic E-state index is 11.9. The first-order chi connectivity index (χ1) is 12.0. The van der Waals surface area contributed by atoms with Crippen molar-refractivity contribution in [3.8, 4) is 0 Å². The Morgan fingerprint density at radius 3 is 3.12 bits per heavy atom. The number of likely N-dealkylation sites (N-methyl/N-ethyl adjacent to an activating group) is 1. The van der Waals surface area contributed by atoms with Gasteiger partial charge in [-0.25, -0.2) is 9.97 Å². The van der Waals surface area contributed by atoms with Crippen LogP contribution in [0.5, 0.6) is 0 Å². The van der Waals surface area contributed by atoms with E-state index in [9.17, 15) is 9.82 Å². The summed E-state index contributed by atoms with van der Waals surface area (Å²) in [4.78, 5) is 21.9. The largest absolute Gasteiger partial charge is 0.491 e. The topological polar surface area (TPSA) is 91.1 Å². The van der Waals surface area contributed by atoms with E-state index in [1.165, 1.54) is 11.2 Å². The number of aromatic nitrogens is 2. The lowest BCUT2D eigenvalue weighted by Crippen LogP contribution is -2.27. The Bertz CT molecular complexity index is 888. The molecule has 126 valence electrons. The van der Waals surface area contributed by atoms with Crippen molar-refractivity contribution in [3.05, 3.63) is 41.2 Å². The summed E-state index contributed by atoms with van der Waals surface area (Å²) in [7, 11) is 2.64. The number of rotatable bonds is 3. The summed E-state index contributed by atoms with van der Waals surface area (Å²) >= 11 is 0. The maximum Gasteiger partial charge on any atom is 0.491 e. The number of amides is 1. The summed E-state index contributed by atoms with van der Waals surface area (Å²) in [6.07, 6.45) is 3.42. The van der Waals surface area contributed by atoms with E-state index in [0.29, 0.717) is 18.2 Å². The van der Waals surface area contributed by atoms with Crippen LogP contribution in [0.15, 0.2) is 29.6 Å². The highest BCUT2D eigenvalue weighted by Gasteiger charge is 2.30. The quantitative estimate of drug-likeness (QED) is 0.469. The number of hydrogen-bond donors (Lipinski definition) is 1. The number of carbonyl (C=O) groups excluding carboxylic acids is 1. The van der Waals surface area contributed by atoms with Crippen LogP contribution in [-0.4, -0.2) is 48.3 Å². The van der Waals surface area contributed by atoms with Gasteiger partial charge in [0, 0.05) is 19.7 Å². The molecule has 0 unspecified atom stereocenters. The van der Waals surface area contributed by atoms with Gasteiger partial charge >= 0.3 is 7.12 Å². The van der Waals surface area contributed by atoms with Crippen molar-refractivity contribution in [2.45, 2.75) is 13.0 Å². The van der Waals surface area contributed by atoms with Crippen molar-refractivity contribution in [2.24, 2.45) is 5.10 Å². The van der Waals surface area contributed by atoms with Crippen LogP contribution in [0.4, 0.5) is 11.6 Å². The summed E-state index contributed by atoms with van der Waals surface area (Å²) < 4.78 is 5.19. The zero-order chi connectivity index (χ0) is 17.6. The Labute approximate surface area is 144 Å². The normalized spacial score (nSPS) is 15.9. The van der Waals surface area contributed by atoms with E-state index >= 15 is 0 Å². The number of benzene rings is 1. The van der Waals surface area contributed by atoms with E-state index in [4.69, 9.17) is 4.65 Å². The molecular formula is C16H16BN5O3. The van der Waals surface area contributed by atoms with Crippen LogP contribution in [0.1, 0.15) is 16.7 Å². The first kappa shape index (κ1) is 15.7. The van der Waals surface area contributed by atoms with E-state index in [1.807, 2.05) is 18.2 Å². The zero-order valence-corrected chi connectivity index (χ0v) is 13.9. The van der Waals surface area contributed by atoms with E-state index in [1.54, 1.807) is 25.3 Å². The number of anilines is 2. The minimum Gasteiger partial charge on any atom is -0.423 e. The van der Waals surface area contributed by atoms with E-state index in [2.05, 4.69) is 15.1 Å².